The van der Waals surface area contributed by atoms with Crippen LogP contribution in [0.25, 0.3) is 10.2 Å². The second-order valence-corrected chi connectivity index (χ2v) is 6.99. The molecule has 2 atom stereocenters. The maximum atomic E-state index is 12.5. The van der Waals surface area contributed by atoms with Crippen LogP contribution in [0.1, 0.15) is 25.3 Å². The first-order chi connectivity index (χ1) is 11.0. The molecule has 1 aromatic carbocycles. The van der Waals surface area contributed by atoms with Crippen molar-refractivity contribution in [2.45, 2.75) is 38.8 Å². The molecule has 1 aliphatic heterocycles. The molecule has 0 saturated carbocycles. The summed E-state index contributed by atoms with van der Waals surface area (Å²) < 4.78 is 1.04. The number of anilines is 1. The van der Waals surface area contributed by atoms with Gasteiger partial charge in [0.2, 0.25) is 11.8 Å². The maximum absolute atomic E-state index is 12.5. The van der Waals surface area contributed by atoms with Gasteiger partial charge in [-0.2, -0.15) is 0 Å². The smallest absolute Gasteiger partial charge is 0.248 e. The van der Waals surface area contributed by atoms with Crippen LogP contribution in [-0.4, -0.2) is 40.3 Å². The van der Waals surface area contributed by atoms with Gasteiger partial charge in [0, 0.05) is 6.54 Å². The Balaban J connectivity index is 1.75. The molecule has 2 amide bonds. The van der Waals surface area contributed by atoms with Crippen molar-refractivity contribution in [3.05, 3.63) is 23.8 Å². The Morgan fingerprint density at radius 1 is 1.48 bits per heavy atom. The van der Waals surface area contributed by atoms with E-state index in [0.717, 1.165) is 22.2 Å². The molecule has 0 radical (unpaired) electrons. The number of hydrogen-bond donors (Lipinski definition) is 2. The lowest BCUT2D eigenvalue weighted by atomic mass is 10.2. The quantitative estimate of drug-likeness (QED) is 0.898. The Morgan fingerprint density at radius 2 is 2.26 bits per heavy atom. The van der Waals surface area contributed by atoms with Crippen molar-refractivity contribution < 1.29 is 9.59 Å². The van der Waals surface area contributed by atoms with Crippen LogP contribution in [0.2, 0.25) is 0 Å². The number of likely N-dealkylation sites (tertiary alicyclic amines) is 1. The summed E-state index contributed by atoms with van der Waals surface area (Å²) >= 11 is 1.44. The van der Waals surface area contributed by atoms with Gasteiger partial charge in [-0.3, -0.25) is 9.59 Å². The van der Waals surface area contributed by atoms with E-state index in [1.165, 1.54) is 11.3 Å². The van der Waals surface area contributed by atoms with Crippen LogP contribution in [0.15, 0.2) is 18.2 Å². The zero-order valence-electron chi connectivity index (χ0n) is 13.2. The van der Waals surface area contributed by atoms with E-state index in [0.29, 0.717) is 18.1 Å². The molecular formula is C16H20N4O2S. The molecule has 2 heterocycles. The number of carbonyl (C=O) groups excluding carboxylic acids is 2. The number of carbonyl (C=O) groups is 2. The second-order valence-electron chi connectivity index (χ2n) is 5.96. The van der Waals surface area contributed by atoms with Gasteiger partial charge in [-0.15, -0.1) is 0 Å². The Morgan fingerprint density at radius 3 is 3.00 bits per heavy atom. The average Bonchev–Trinajstić information content (AvgIpc) is 3.11. The Hall–Kier alpha value is -1.99. The first-order valence-electron chi connectivity index (χ1n) is 7.70. The van der Waals surface area contributed by atoms with Crippen LogP contribution in [0, 0.1) is 6.92 Å². The molecule has 122 valence electrons. The van der Waals surface area contributed by atoms with Crippen molar-refractivity contribution in [1.29, 1.82) is 0 Å². The summed E-state index contributed by atoms with van der Waals surface area (Å²) in [4.78, 5) is 30.6. The number of nitrogens with zero attached hydrogens (tertiary/aromatic N) is 2. The Labute approximate surface area is 138 Å². The topological polar surface area (TPSA) is 88.3 Å². The fraction of sp³-hybridized carbons (Fsp3) is 0.438. The number of benzene rings is 1. The number of nitrogens with one attached hydrogen (secondary N) is 1. The lowest BCUT2D eigenvalue weighted by molar-refractivity contribution is -0.137. The molecule has 1 aromatic heterocycles. The summed E-state index contributed by atoms with van der Waals surface area (Å²) in [6.07, 6.45) is 1.48. The van der Waals surface area contributed by atoms with Crippen molar-refractivity contribution in [2.24, 2.45) is 5.73 Å². The van der Waals surface area contributed by atoms with Gasteiger partial charge in [0.25, 0.3) is 0 Å². The average molecular weight is 332 g/mol. The van der Waals surface area contributed by atoms with E-state index >= 15 is 0 Å². The standard InChI is InChI=1S/C16H20N4O2S/c1-9-5-6-11-13(8-9)23-16(18-11)19-14(21)12-4-3-7-20(12)15(22)10(2)17/h5-6,8,10,12H,3-4,7,17H2,1-2H3,(H,18,19,21)/t10-,12+/m1/s1. The van der Waals surface area contributed by atoms with Gasteiger partial charge in [-0.25, -0.2) is 4.98 Å². The van der Waals surface area contributed by atoms with E-state index < -0.39 is 12.1 Å². The molecule has 23 heavy (non-hydrogen) atoms. The summed E-state index contributed by atoms with van der Waals surface area (Å²) in [6.45, 7) is 4.25. The van der Waals surface area contributed by atoms with Gasteiger partial charge in [0.05, 0.1) is 16.3 Å². The predicted molar refractivity (Wildman–Crippen MR) is 91.4 cm³/mol. The van der Waals surface area contributed by atoms with Crippen LogP contribution in [0.5, 0.6) is 0 Å². The van der Waals surface area contributed by atoms with E-state index in [4.69, 9.17) is 5.73 Å². The number of nitrogens with two attached hydrogens (primary N) is 1. The lowest BCUT2D eigenvalue weighted by Crippen LogP contribution is -2.48. The zero-order valence-corrected chi connectivity index (χ0v) is 14.0. The summed E-state index contributed by atoms with van der Waals surface area (Å²) in [7, 11) is 0. The zero-order chi connectivity index (χ0) is 16.6. The van der Waals surface area contributed by atoms with Gasteiger partial charge in [-0.1, -0.05) is 17.4 Å². The van der Waals surface area contributed by atoms with Crippen molar-refractivity contribution in [2.75, 3.05) is 11.9 Å². The third kappa shape index (κ3) is 3.20. The predicted octanol–water partition coefficient (Wildman–Crippen LogP) is 1.88. The number of thiazole rings is 1. The first kappa shape index (κ1) is 15.9. The highest BCUT2D eigenvalue weighted by Gasteiger charge is 2.35. The number of rotatable bonds is 3. The summed E-state index contributed by atoms with van der Waals surface area (Å²) in [5.74, 6) is -0.366. The molecule has 0 bridgehead atoms. The van der Waals surface area contributed by atoms with Crippen LogP contribution in [-0.2, 0) is 9.59 Å². The van der Waals surface area contributed by atoms with Crippen molar-refractivity contribution in [1.82, 2.24) is 9.88 Å². The van der Waals surface area contributed by atoms with E-state index in [9.17, 15) is 9.59 Å². The molecule has 1 saturated heterocycles. The molecule has 1 aliphatic rings. The fourth-order valence-corrected chi connectivity index (χ4v) is 3.81. The molecule has 1 fully saturated rings. The minimum atomic E-state index is -0.589. The number of hydrogen-bond acceptors (Lipinski definition) is 5. The monoisotopic (exact) mass is 332 g/mol. The number of fused-ring (bicyclic) bond motifs is 1. The van der Waals surface area contributed by atoms with Crippen molar-refractivity contribution >= 4 is 38.5 Å². The maximum Gasteiger partial charge on any atom is 0.248 e. The largest absolute Gasteiger partial charge is 0.329 e. The van der Waals surface area contributed by atoms with E-state index in [1.54, 1.807) is 11.8 Å². The first-order valence-corrected chi connectivity index (χ1v) is 8.51. The molecule has 3 N–H and O–H groups in total. The third-order valence-corrected chi connectivity index (χ3v) is 4.94. The SMILES string of the molecule is Cc1ccc2nc(NC(=O)[C@@H]3CCCN3C(=O)[C@@H](C)N)sc2c1. The number of amides is 2. The van der Waals surface area contributed by atoms with Crippen LogP contribution in [0.4, 0.5) is 5.13 Å². The van der Waals surface area contributed by atoms with Crippen LogP contribution >= 0.6 is 11.3 Å². The van der Waals surface area contributed by atoms with Gasteiger partial charge in [0.15, 0.2) is 5.13 Å². The van der Waals surface area contributed by atoms with Gasteiger partial charge >= 0.3 is 0 Å². The molecule has 2 aromatic rings. The highest BCUT2D eigenvalue weighted by Crippen LogP contribution is 2.28. The minimum Gasteiger partial charge on any atom is -0.329 e. The second kappa shape index (κ2) is 6.25. The molecular weight excluding hydrogens is 312 g/mol. The van der Waals surface area contributed by atoms with Crippen molar-refractivity contribution in [3.63, 3.8) is 0 Å². The summed E-state index contributed by atoms with van der Waals surface area (Å²) in [5.41, 5.74) is 7.69. The minimum absolute atomic E-state index is 0.178. The highest BCUT2D eigenvalue weighted by molar-refractivity contribution is 7.22. The molecule has 0 spiro atoms. The third-order valence-electron chi connectivity index (χ3n) is 4.00. The number of aromatic nitrogens is 1. The van der Waals surface area contributed by atoms with Gasteiger partial charge < -0.3 is 16.0 Å². The highest BCUT2D eigenvalue weighted by atomic mass is 32.1. The van der Waals surface area contributed by atoms with Crippen LogP contribution < -0.4 is 11.1 Å². The van der Waals surface area contributed by atoms with Crippen molar-refractivity contribution in [3.8, 4) is 0 Å². The Bertz CT molecular complexity index is 756. The van der Waals surface area contributed by atoms with Gasteiger partial charge in [-0.05, 0) is 44.4 Å². The summed E-state index contributed by atoms with van der Waals surface area (Å²) in [5, 5.41) is 3.42. The normalized spacial score (nSPS) is 19.1. The number of aryl methyl sites for hydroxylation is 1. The van der Waals surface area contributed by atoms with E-state index in [1.807, 2.05) is 25.1 Å². The Kier molecular flexibility index (Phi) is 4.32. The van der Waals surface area contributed by atoms with Crippen LogP contribution in [0.3, 0.4) is 0 Å². The van der Waals surface area contributed by atoms with E-state index in [-0.39, 0.29) is 11.8 Å². The lowest BCUT2D eigenvalue weighted by Gasteiger charge is -2.25. The molecule has 6 nitrogen and oxygen atoms in total. The van der Waals surface area contributed by atoms with Gasteiger partial charge in [0.1, 0.15) is 6.04 Å². The van der Waals surface area contributed by atoms with E-state index in [2.05, 4.69) is 10.3 Å². The molecule has 3 rings (SSSR count). The molecule has 0 unspecified atom stereocenters. The fourth-order valence-electron chi connectivity index (χ4n) is 2.84. The molecule has 7 heteroatoms. The summed E-state index contributed by atoms with van der Waals surface area (Å²) in [6, 6.07) is 4.94. The molecule has 0 aliphatic carbocycles.